The van der Waals surface area contributed by atoms with Gasteiger partial charge in [0, 0.05) is 26.1 Å². The van der Waals surface area contributed by atoms with Gasteiger partial charge in [-0.25, -0.2) is 0 Å². The summed E-state index contributed by atoms with van der Waals surface area (Å²) < 4.78 is 0. The standard InChI is InChI=1S/C16H22N2O2/c19-12-16(8-7-13-4-1-2-5-14(13)16)17-9-11-18-10-3-6-15(18)20/h1-2,4-5,17,19H,3,6-12H2. The molecule has 1 aromatic rings. The van der Waals surface area contributed by atoms with Crippen molar-refractivity contribution in [3.8, 4) is 0 Å². The molecular formula is C16H22N2O2. The van der Waals surface area contributed by atoms with Crippen molar-refractivity contribution in [3.63, 3.8) is 0 Å². The van der Waals surface area contributed by atoms with Crippen LogP contribution >= 0.6 is 0 Å². The number of aliphatic hydroxyl groups excluding tert-OH is 1. The zero-order valence-electron chi connectivity index (χ0n) is 11.8. The highest BCUT2D eigenvalue weighted by molar-refractivity contribution is 5.78. The third-order valence-electron chi connectivity index (χ3n) is 4.64. The monoisotopic (exact) mass is 274 g/mol. The summed E-state index contributed by atoms with van der Waals surface area (Å²) in [5.41, 5.74) is 2.22. The molecule has 1 atom stereocenters. The van der Waals surface area contributed by atoms with Crippen molar-refractivity contribution in [1.29, 1.82) is 0 Å². The molecule has 0 saturated carbocycles. The molecule has 1 fully saturated rings. The number of benzene rings is 1. The van der Waals surface area contributed by atoms with E-state index in [0.29, 0.717) is 6.42 Å². The number of amides is 1. The van der Waals surface area contributed by atoms with Gasteiger partial charge in [-0.15, -0.1) is 0 Å². The van der Waals surface area contributed by atoms with E-state index in [1.807, 2.05) is 11.0 Å². The minimum absolute atomic E-state index is 0.109. The molecule has 1 unspecified atom stereocenters. The number of nitrogens with one attached hydrogen (secondary N) is 1. The Kier molecular flexibility index (Phi) is 3.76. The molecule has 1 aliphatic carbocycles. The summed E-state index contributed by atoms with van der Waals surface area (Å²) in [6.45, 7) is 2.46. The van der Waals surface area contributed by atoms with E-state index in [9.17, 15) is 9.90 Å². The first-order valence-corrected chi connectivity index (χ1v) is 7.47. The highest BCUT2D eigenvalue weighted by atomic mass is 16.3. The molecule has 20 heavy (non-hydrogen) atoms. The van der Waals surface area contributed by atoms with Crippen molar-refractivity contribution in [2.24, 2.45) is 0 Å². The van der Waals surface area contributed by atoms with Crippen LogP contribution < -0.4 is 5.32 Å². The summed E-state index contributed by atoms with van der Waals surface area (Å²) in [7, 11) is 0. The third kappa shape index (κ3) is 2.34. The number of aryl methyl sites for hydroxylation is 1. The van der Waals surface area contributed by atoms with E-state index in [2.05, 4.69) is 23.5 Å². The van der Waals surface area contributed by atoms with Gasteiger partial charge in [0.2, 0.25) is 5.91 Å². The highest BCUT2D eigenvalue weighted by Gasteiger charge is 2.37. The lowest BCUT2D eigenvalue weighted by Crippen LogP contribution is -2.47. The number of nitrogens with zero attached hydrogens (tertiary/aromatic N) is 1. The number of hydrogen-bond acceptors (Lipinski definition) is 3. The van der Waals surface area contributed by atoms with Crippen LogP contribution in [0.4, 0.5) is 0 Å². The summed E-state index contributed by atoms with van der Waals surface area (Å²) >= 11 is 0. The predicted molar refractivity (Wildman–Crippen MR) is 77.3 cm³/mol. The molecule has 0 bridgehead atoms. The molecule has 1 aliphatic heterocycles. The summed E-state index contributed by atoms with van der Waals surface area (Å²) in [6, 6.07) is 8.32. The van der Waals surface area contributed by atoms with Gasteiger partial charge in [0.05, 0.1) is 12.1 Å². The molecular weight excluding hydrogens is 252 g/mol. The Balaban J connectivity index is 1.64. The van der Waals surface area contributed by atoms with Crippen LogP contribution in [0.5, 0.6) is 0 Å². The molecule has 4 heteroatoms. The Morgan fingerprint density at radius 2 is 2.15 bits per heavy atom. The van der Waals surface area contributed by atoms with E-state index < -0.39 is 0 Å². The Morgan fingerprint density at radius 1 is 1.30 bits per heavy atom. The zero-order chi connectivity index (χ0) is 14.0. The van der Waals surface area contributed by atoms with Gasteiger partial charge in [-0.1, -0.05) is 24.3 Å². The molecule has 0 radical (unpaired) electrons. The number of carbonyl (C=O) groups is 1. The van der Waals surface area contributed by atoms with Gasteiger partial charge in [-0.2, -0.15) is 0 Å². The van der Waals surface area contributed by atoms with Crippen LogP contribution in [0.2, 0.25) is 0 Å². The van der Waals surface area contributed by atoms with Gasteiger partial charge in [-0.05, 0) is 30.4 Å². The average molecular weight is 274 g/mol. The second-order valence-electron chi connectivity index (χ2n) is 5.81. The lowest BCUT2D eigenvalue weighted by Gasteiger charge is -2.31. The summed E-state index contributed by atoms with van der Waals surface area (Å²) in [4.78, 5) is 13.5. The molecule has 0 spiro atoms. The van der Waals surface area contributed by atoms with Crippen molar-refractivity contribution in [3.05, 3.63) is 35.4 Å². The van der Waals surface area contributed by atoms with Crippen LogP contribution in [0.15, 0.2) is 24.3 Å². The van der Waals surface area contributed by atoms with Crippen molar-refractivity contribution < 1.29 is 9.90 Å². The fourth-order valence-corrected chi connectivity index (χ4v) is 3.46. The highest BCUT2D eigenvalue weighted by Crippen LogP contribution is 2.36. The van der Waals surface area contributed by atoms with Crippen LogP contribution in [-0.4, -0.2) is 42.2 Å². The van der Waals surface area contributed by atoms with Gasteiger partial charge in [0.1, 0.15) is 0 Å². The van der Waals surface area contributed by atoms with E-state index in [1.54, 1.807) is 0 Å². The molecule has 1 aromatic carbocycles. The van der Waals surface area contributed by atoms with E-state index >= 15 is 0 Å². The molecule has 2 aliphatic rings. The van der Waals surface area contributed by atoms with Crippen LogP contribution in [0, 0.1) is 0 Å². The molecule has 1 amide bonds. The SMILES string of the molecule is O=C1CCCN1CCNC1(CO)CCc2ccccc21. The van der Waals surface area contributed by atoms with E-state index in [1.165, 1.54) is 11.1 Å². The molecule has 3 rings (SSSR count). The van der Waals surface area contributed by atoms with E-state index in [4.69, 9.17) is 0 Å². The lowest BCUT2D eigenvalue weighted by molar-refractivity contribution is -0.127. The van der Waals surface area contributed by atoms with Gasteiger partial charge in [-0.3, -0.25) is 4.79 Å². The lowest BCUT2D eigenvalue weighted by atomic mass is 9.92. The maximum Gasteiger partial charge on any atom is 0.222 e. The molecule has 2 N–H and O–H groups in total. The number of fused-ring (bicyclic) bond motifs is 1. The van der Waals surface area contributed by atoms with Crippen molar-refractivity contribution >= 4 is 5.91 Å². The van der Waals surface area contributed by atoms with Gasteiger partial charge in [0.25, 0.3) is 0 Å². The number of carbonyl (C=O) groups excluding carboxylic acids is 1. The first-order chi connectivity index (χ1) is 9.75. The Hall–Kier alpha value is -1.39. The first-order valence-electron chi connectivity index (χ1n) is 7.47. The second kappa shape index (κ2) is 5.54. The van der Waals surface area contributed by atoms with Crippen LogP contribution in [0.25, 0.3) is 0 Å². The molecule has 108 valence electrons. The summed E-state index contributed by atoms with van der Waals surface area (Å²) in [5, 5.41) is 13.4. The predicted octanol–water partition coefficient (Wildman–Crippen LogP) is 1.03. The first kappa shape index (κ1) is 13.6. The Bertz CT molecular complexity index is 503. The van der Waals surface area contributed by atoms with Gasteiger partial charge >= 0.3 is 0 Å². The fraction of sp³-hybridized carbons (Fsp3) is 0.562. The Morgan fingerprint density at radius 3 is 2.90 bits per heavy atom. The van der Waals surface area contributed by atoms with Crippen LogP contribution in [0.3, 0.4) is 0 Å². The number of aliphatic hydroxyl groups is 1. The third-order valence-corrected chi connectivity index (χ3v) is 4.64. The number of likely N-dealkylation sites (tertiary alicyclic amines) is 1. The summed E-state index contributed by atoms with van der Waals surface area (Å²) in [5.74, 6) is 0.261. The quantitative estimate of drug-likeness (QED) is 0.843. The summed E-state index contributed by atoms with van der Waals surface area (Å²) in [6.07, 6.45) is 3.60. The van der Waals surface area contributed by atoms with Gasteiger partial charge in [0.15, 0.2) is 0 Å². The second-order valence-corrected chi connectivity index (χ2v) is 5.81. The molecule has 4 nitrogen and oxygen atoms in total. The fourth-order valence-electron chi connectivity index (χ4n) is 3.46. The molecule has 0 aromatic heterocycles. The van der Waals surface area contributed by atoms with Crippen molar-refractivity contribution in [1.82, 2.24) is 10.2 Å². The maximum atomic E-state index is 11.6. The van der Waals surface area contributed by atoms with Crippen LogP contribution in [-0.2, 0) is 16.8 Å². The zero-order valence-corrected chi connectivity index (χ0v) is 11.8. The number of hydrogen-bond donors (Lipinski definition) is 2. The van der Waals surface area contributed by atoms with Crippen LogP contribution in [0.1, 0.15) is 30.4 Å². The smallest absolute Gasteiger partial charge is 0.222 e. The topological polar surface area (TPSA) is 52.6 Å². The van der Waals surface area contributed by atoms with Crippen molar-refractivity contribution in [2.75, 3.05) is 26.2 Å². The van der Waals surface area contributed by atoms with E-state index in [-0.39, 0.29) is 18.1 Å². The maximum absolute atomic E-state index is 11.6. The molecule has 1 saturated heterocycles. The largest absolute Gasteiger partial charge is 0.394 e. The minimum atomic E-state index is -0.320. The van der Waals surface area contributed by atoms with E-state index in [0.717, 1.165) is 38.9 Å². The Labute approximate surface area is 119 Å². The minimum Gasteiger partial charge on any atom is -0.394 e. The normalized spacial score (nSPS) is 25.2. The number of rotatable bonds is 5. The average Bonchev–Trinajstić information content (AvgIpc) is 3.05. The molecule has 1 heterocycles. The van der Waals surface area contributed by atoms with Crippen molar-refractivity contribution in [2.45, 2.75) is 31.2 Å². The van der Waals surface area contributed by atoms with Gasteiger partial charge < -0.3 is 15.3 Å².